The average Bonchev–Trinajstić information content (AvgIpc) is 2.15. The predicted molar refractivity (Wildman–Crippen MR) is 51.2 cm³/mol. The fourth-order valence-corrected chi connectivity index (χ4v) is 1.29. The standard InChI is InChI=1S/C11H13F3O/c1-3-10(15)8-5-4-7(6-9(8)12)11(2,13)14/h4-6,10,15H,3H2,1-2H3. The molecule has 15 heavy (non-hydrogen) atoms. The number of halogens is 3. The third kappa shape index (κ3) is 2.72. The molecule has 0 fully saturated rings. The van der Waals surface area contributed by atoms with E-state index in [0.29, 0.717) is 13.3 Å². The lowest BCUT2D eigenvalue weighted by Crippen LogP contribution is -2.09. The van der Waals surface area contributed by atoms with Crippen LogP contribution < -0.4 is 0 Å². The summed E-state index contributed by atoms with van der Waals surface area (Å²) in [5.74, 6) is -3.85. The predicted octanol–water partition coefficient (Wildman–Crippen LogP) is 3.38. The molecule has 0 aromatic heterocycles. The maximum absolute atomic E-state index is 13.3. The number of aliphatic hydroxyl groups excluding tert-OH is 1. The van der Waals surface area contributed by atoms with Gasteiger partial charge in [-0.25, -0.2) is 13.2 Å². The second-order valence-electron chi connectivity index (χ2n) is 3.55. The first kappa shape index (κ1) is 12.0. The smallest absolute Gasteiger partial charge is 0.270 e. The molecular weight excluding hydrogens is 205 g/mol. The molecule has 1 aromatic rings. The zero-order chi connectivity index (χ0) is 11.6. The van der Waals surface area contributed by atoms with Crippen molar-refractivity contribution in [3.05, 3.63) is 35.1 Å². The van der Waals surface area contributed by atoms with Gasteiger partial charge in [-0.15, -0.1) is 0 Å². The van der Waals surface area contributed by atoms with E-state index in [2.05, 4.69) is 0 Å². The molecule has 0 saturated heterocycles. The summed E-state index contributed by atoms with van der Waals surface area (Å²) in [6, 6.07) is 3.11. The molecule has 0 radical (unpaired) electrons. The number of hydrogen-bond acceptors (Lipinski definition) is 1. The molecule has 0 aliphatic rings. The molecule has 0 spiro atoms. The van der Waals surface area contributed by atoms with Crippen molar-refractivity contribution in [2.75, 3.05) is 0 Å². The molecule has 0 saturated carbocycles. The first-order valence-corrected chi connectivity index (χ1v) is 4.72. The fraction of sp³-hybridized carbons (Fsp3) is 0.455. The molecule has 1 atom stereocenters. The molecule has 4 heteroatoms. The van der Waals surface area contributed by atoms with Crippen LogP contribution in [0.2, 0.25) is 0 Å². The molecule has 0 aliphatic carbocycles. The van der Waals surface area contributed by atoms with Crippen LogP contribution in [0, 0.1) is 5.82 Å². The molecule has 1 aromatic carbocycles. The number of benzene rings is 1. The molecule has 84 valence electrons. The maximum Gasteiger partial charge on any atom is 0.270 e. The van der Waals surface area contributed by atoms with Gasteiger partial charge in [-0.3, -0.25) is 0 Å². The van der Waals surface area contributed by atoms with E-state index in [-0.39, 0.29) is 11.1 Å². The molecule has 0 amide bonds. The summed E-state index contributed by atoms with van der Waals surface area (Å²) in [4.78, 5) is 0. The van der Waals surface area contributed by atoms with Crippen molar-refractivity contribution in [1.29, 1.82) is 0 Å². The molecular formula is C11H13F3O. The van der Waals surface area contributed by atoms with Crippen molar-refractivity contribution in [3.63, 3.8) is 0 Å². The summed E-state index contributed by atoms with van der Waals surface area (Å²) < 4.78 is 39.0. The molecule has 1 unspecified atom stereocenters. The fourth-order valence-electron chi connectivity index (χ4n) is 1.29. The molecule has 1 rings (SSSR count). The zero-order valence-electron chi connectivity index (χ0n) is 8.60. The Morgan fingerprint density at radius 3 is 2.40 bits per heavy atom. The lowest BCUT2D eigenvalue weighted by atomic mass is 10.0. The van der Waals surface area contributed by atoms with Crippen molar-refractivity contribution in [3.8, 4) is 0 Å². The number of rotatable bonds is 3. The second kappa shape index (κ2) is 4.23. The summed E-state index contributed by atoms with van der Waals surface area (Å²) in [5.41, 5.74) is -0.322. The van der Waals surface area contributed by atoms with Crippen LogP contribution in [0.15, 0.2) is 18.2 Å². The molecule has 0 heterocycles. The molecule has 1 N–H and O–H groups in total. The van der Waals surface area contributed by atoms with Gasteiger partial charge in [-0.1, -0.05) is 19.1 Å². The summed E-state index contributed by atoms with van der Waals surface area (Å²) >= 11 is 0. The van der Waals surface area contributed by atoms with Gasteiger partial charge < -0.3 is 5.11 Å². The number of hydrogen-bond donors (Lipinski definition) is 1. The highest BCUT2D eigenvalue weighted by atomic mass is 19.3. The van der Waals surface area contributed by atoms with Gasteiger partial charge in [0, 0.05) is 18.1 Å². The highest BCUT2D eigenvalue weighted by molar-refractivity contribution is 5.28. The summed E-state index contributed by atoms with van der Waals surface area (Å²) in [5, 5.41) is 9.38. The molecule has 0 aliphatic heterocycles. The first-order chi connectivity index (χ1) is 6.86. The van der Waals surface area contributed by atoms with Gasteiger partial charge in [0.05, 0.1) is 6.10 Å². The van der Waals surface area contributed by atoms with Crippen molar-refractivity contribution in [2.45, 2.75) is 32.3 Å². The lowest BCUT2D eigenvalue weighted by Gasteiger charge is -2.14. The van der Waals surface area contributed by atoms with Crippen LogP contribution >= 0.6 is 0 Å². The Balaban J connectivity index is 3.09. The van der Waals surface area contributed by atoms with Crippen LogP contribution in [0.1, 0.15) is 37.5 Å². The molecule has 0 bridgehead atoms. The van der Waals surface area contributed by atoms with E-state index in [0.717, 1.165) is 12.1 Å². The maximum atomic E-state index is 13.3. The van der Waals surface area contributed by atoms with Crippen LogP contribution in [-0.2, 0) is 5.92 Å². The van der Waals surface area contributed by atoms with E-state index in [9.17, 15) is 18.3 Å². The van der Waals surface area contributed by atoms with Gasteiger partial charge in [0.2, 0.25) is 0 Å². The van der Waals surface area contributed by atoms with Gasteiger partial charge >= 0.3 is 0 Å². The van der Waals surface area contributed by atoms with Crippen LogP contribution in [0.3, 0.4) is 0 Å². The van der Waals surface area contributed by atoms with Gasteiger partial charge in [0.1, 0.15) is 5.82 Å². The van der Waals surface area contributed by atoms with Crippen LogP contribution in [0.25, 0.3) is 0 Å². The third-order valence-electron chi connectivity index (χ3n) is 2.25. The Kier molecular flexibility index (Phi) is 3.39. The highest BCUT2D eigenvalue weighted by Crippen LogP contribution is 2.30. The van der Waals surface area contributed by atoms with Crippen molar-refractivity contribution >= 4 is 0 Å². The van der Waals surface area contributed by atoms with Gasteiger partial charge in [-0.05, 0) is 12.5 Å². The normalized spacial score (nSPS) is 14.0. The summed E-state index contributed by atoms with van der Waals surface area (Å²) in [6.07, 6.45) is -0.594. The number of alkyl halides is 2. The Bertz CT molecular complexity index is 344. The summed E-state index contributed by atoms with van der Waals surface area (Å²) in [6.45, 7) is 2.39. The topological polar surface area (TPSA) is 20.2 Å². The van der Waals surface area contributed by atoms with Gasteiger partial charge in [0.15, 0.2) is 0 Å². The van der Waals surface area contributed by atoms with Crippen molar-refractivity contribution < 1.29 is 18.3 Å². The minimum absolute atomic E-state index is 0.0606. The Morgan fingerprint density at radius 2 is 2.00 bits per heavy atom. The molecule has 1 nitrogen and oxygen atoms in total. The van der Waals surface area contributed by atoms with Crippen molar-refractivity contribution in [1.82, 2.24) is 0 Å². The minimum Gasteiger partial charge on any atom is -0.388 e. The first-order valence-electron chi connectivity index (χ1n) is 4.72. The Morgan fingerprint density at radius 1 is 1.40 bits per heavy atom. The summed E-state index contributed by atoms with van der Waals surface area (Å²) in [7, 11) is 0. The van der Waals surface area contributed by atoms with Crippen LogP contribution in [-0.4, -0.2) is 5.11 Å². The average molecular weight is 218 g/mol. The Labute approximate surface area is 86.5 Å². The van der Waals surface area contributed by atoms with E-state index in [4.69, 9.17) is 0 Å². The van der Waals surface area contributed by atoms with E-state index in [1.165, 1.54) is 6.07 Å². The Hall–Kier alpha value is -1.03. The van der Waals surface area contributed by atoms with E-state index in [1.807, 2.05) is 0 Å². The zero-order valence-corrected chi connectivity index (χ0v) is 8.60. The SMILES string of the molecule is CCC(O)c1ccc(C(C)(F)F)cc1F. The van der Waals surface area contributed by atoms with Crippen LogP contribution in [0.5, 0.6) is 0 Å². The lowest BCUT2D eigenvalue weighted by molar-refractivity contribution is 0.0170. The monoisotopic (exact) mass is 218 g/mol. The van der Waals surface area contributed by atoms with Gasteiger partial charge in [0.25, 0.3) is 5.92 Å². The third-order valence-corrected chi connectivity index (χ3v) is 2.25. The van der Waals surface area contributed by atoms with E-state index < -0.39 is 17.8 Å². The van der Waals surface area contributed by atoms with Gasteiger partial charge in [-0.2, -0.15) is 0 Å². The highest BCUT2D eigenvalue weighted by Gasteiger charge is 2.25. The minimum atomic E-state index is -3.06. The van der Waals surface area contributed by atoms with Crippen molar-refractivity contribution in [2.24, 2.45) is 0 Å². The van der Waals surface area contributed by atoms with E-state index in [1.54, 1.807) is 6.92 Å². The largest absolute Gasteiger partial charge is 0.388 e. The second-order valence-corrected chi connectivity index (χ2v) is 3.55. The quantitative estimate of drug-likeness (QED) is 0.824. The van der Waals surface area contributed by atoms with E-state index >= 15 is 0 Å². The number of aliphatic hydroxyl groups is 1. The van der Waals surface area contributed by atoms with Crippen LogP contribution in [0.4, 0.5) is 13.2 Å².